The summed E-state index contributed by atoms with van der Waals surface area (Å²) in [5, 5.41) is 9.51. The lowest BCUT2D eigenvalue weighted by Gasteiger charge is -2.36. The fraction of sp³-hybridized carbons (Fsp3) is 0.706. The Morgan fingerprint density at radius 3 is 2.33 bits per heavy atom. The Morgan fingerprint density at radius 2 is 1.81 bits per heavy atom. The minimum absolute atomic E-state index is 0.00393. The van der Waals surface area contributed by atoms with E-state index >= 15 is 0 Å². The molecule has 2 heterocycles. The van der Waals surface area contributed by atoms with Gasteiger partial charge in [-0.15, -0.1) is 0 Å². The van der Waals surface area contributed by atoms with E-state index < -0.39 is 0 Å². The van der Waals surface area contributed by atoms with Gasteiger partial charge in [0.1, 0.15) is 5.82 Å². The summed E-state index contributed by atoms with van der Waals surface area (Å²) in [5.41, 5.74) is 2.02. The SMILES string of the molecule is CCCN1CCN(c2cc(CO)cc(C(C)(C)C)n2)CC1. The van der Waals surface area contributed by atoms with Crippen LogP contribution < -0.4 is 4.90 Å². The van der Waals surface area contributed by atoms with Gasteiger partial charge in [0.2, 0.25) is 0 Å². The van der Waals surface area contributed by atoms with E-state index in [0.29, 0.717) is 0 Å². The molecule has 0 unspecified atom stereocenters. The largest absolute Gasteiger partial charge is 0.392 e. The number of aromatic nitrogens is 1. The van der Waals surface area contributed by atoms with E-state index in [2.05, 4.69) is 37.5 Å². The maximum atomic E-state index is 9.51. The number of rotatable bonds is 4. The average Bonchev–Trinajstić information content (AvgIpc) is 2.47. The number of aliphatic hydroxyl groups is 1. The molecule has 1 aromatic rings. The van der Waals surface area contributed by atoms with Crippen LogP contribution >= 0.6 is 0 Å². The van der Waals surface area contributed by atoms with Crippen LogP contribution in [0.3, 0.4) is 0 Å². The molecule has 1 aliphatic rings. The lowest BCUT2D eigenvalue weighted by molar-refractivity contribution is 0.257. The van der Waals surface area contributed by atoms with Crippen LogP contribution in [0.5, 0.6) is 0 Å². The van der Waals surface area contributed by atoms with Crippen molar-refractivity contribution in [2.24, 2.45) is 0 Å². The van der Waals surface area contributed by atoms with E-state index in [1.54, 1.807) is 0 Å². The topological polar surface area (TPSA) is 39.6 Å². The zero-order valence-corrected chi connectivity index (χ0v) is 13.9. The van der Waals surface area contributed by atoms with Crippen molar-refractivity contribution >= 4 is 5.82 Å². The first-order chi connectivity index (χ1) is 9.94. The molecule has 1 aliphatic heterocycles. The molecule has 2 rings (SSSR count). The Labute approximate surface area is 128 Å². The minimum atomic E-state index is 0.00393. The van der Waals surface area contributed by atoms with Crippen LogP contribution in [0.1, 0.15) is 45.4 Å². The Hall–Kier alpha value is -1.13. The van der Waals surface area contributed by atoms with Gasteiger partial charge in [0.25, 0.3) is 0 Å². The van der Waals surface area contributed by atoms with Crippen molar-refractivity contribution in [3.63, 3.8) is 0 Å². The van der Waals surface area contributed by atoms with Crippen molar-refractivity contribution < 1.29 is 5.11 Å². The molecule has 0 aromatic carbocycles. The van der Waals surface area contributed by atoms with Crippen LogP contribution in [0.15, 0.2) is 12.1 Å². The lowest BCUT2D eigenvalue weighted by atomic mass is 9.91. The first kappa shape index (κ1) is 16.2. The molecule has 21 heavy (non-hydrogen) atoms. The summed E-state index contributed by atoms with van der Waals surface area (Å²) in [6.45, 7) is 14.2. The van der Waals surface area contributed by atoms with Gasteiger partial charge in [-0.05, 0) is 30.7 Å². The highest BCUT2D eigenvalue weighted by Gasteiger charge is 2.21. The van der Waals surface area contributed by atoms with Crippen molar-refractivity contribution in [1.82, 2.24) is 9.88 Å². The molecule has 0 spiro atoms. The van der Waals surface area contributed by atoms with Crippen LogP contribution in [-0.4, -0.2) is 47.7 Å². The monoisotopic (exact) mass is 291 g/mol. The van der Waals surface area contributed by atoms with Gasteiger partial charge in [0.05, 0.1) is 6.61 Å². The van der Waals surface area contributed by atoms with Gasteiger partial charge in [0, 0.05) is 37.3 Å². The van der Waals surface area contributed by atoms with Crippen molar-refractivity contribution in [3.05, 3.63) is 23.4 Å². The van der Waals surface area contributed by atoms with Crippen LogP contribution in [-0.2, 0) is 12.0 Å². The van der Waals surface area contributed by atoms with Crippen molar-refractivity contribution in [2.45, 2.75) is 46.1 Å². The molecule has 0 saturated carbocycles. The summed E-state index contributed by atoms with van der Waals surface area (Å²) in [6.07, 6.45) is 1.21. The van der Waals surface area contributed by atoms with Crippen molar-refractivity contribution in [2.75, 3.05) is 37.6 Å². The number of aliphatic hydroxyl groups excluding tert-OH is 1. The lowest BCUT2D eigenvalue weighted by Crippen LogP contribution is -2.47. The Bertz CT molecular complexity index is 460. The fourth-order valence-electron chi connectivity index (χ4n) is 2.73. The van der Waals surface area contributed by atoms with Crippen molar-refractivity contribution in [1.29, 1.82) is 0 Å². The first-order valence-corrected chi connectivity index (χ1v) is 8.03. The minimum Gasteiger partial charge on any atom is -0.392 e. The van der Waals surface area contributed by atoms with Gasteiger partial charge in [-0.25, -0.2) is 4.98 Å². The number of piperazine rings is 1. The Kier molecular flexibility index (Phi) is 5.22. The second-order valence-electron chi connectivity index (χ2n) is 6.96. The summed E-state index contributed by atoms with van der Waals surface area (Å²) >= 11 is 0. The Morgan fingerprint density at radius 1 is 1.14 bits per heavy atom. The highest BCUT2D eigenvalue weighted by atomic mass is 16.3. The molecular weight excluding hydrogens is 262 g/mol. The van der Waals surface area contributed by atoms with E-state index in [1.807, 2.05) is 12.1 Å². The third-order valence-corrected chi connectivity index (χ3v) is 4.06. The second-order valence-corrected chi connectivity index (χ2v) is 6.96. The first-order valence-electron chi connectivity index (χ1n) is 8.03. The molecule has 0 bridgehead atoms. The molecule has 1 fully saturated rings. The van der Waals surface area contributed by atoms with Crippen LogP contribution in [0.4, 0.5) is 5.82 Å². The highest BCUT2D eigenvalue weighted by Crippen LogP contribution is 2.25. The van der Waals surface area contributed by atoms with E-state index in [-0.39, 0.29) is 12.0 Å². The number of nitrogens with zero attached hydrogens (tertiary/aromatic N) is 3. The molecule has 0 aliphatic carbocycles. The number of hydrogen-bond acceptors (Lipinski definition) is 4. The third-order valence-electron chi connectivity index (χ3n) is 4.06. The van der Waals surface area contributed by atoms with Gasteiger partial charge in [0.15, 0.2) is 0 Å². The number of hydrogen-bond donors (Lipinski definition) is 1. The summed E-state index contributed by atoms with van der Waals surface area (Å²) < 4.78 is 0. The normalized spacial score (nSPS) is 17.3. The third kappa shape index (κ3) is 4.17. The fourth-order valence-corrected chi connectivity index (χ4v) is 2.73. The molecule has 0 atom stereocenters. The predicted molar refractivity (Wildman–Crippen MR) is 87.8 cm³/mol. The zero-order valence-electron chi connectivity index (χ0n) is 13.9. The van der Waals surface area contributed by atoms with E-state index in [4.69, 9.17) is 4.98 Å². The molecule has 4 heteroatoms. The molecule has 0 amide bonds. The Balaban J connectivity index is 2.16. The van der Waals surface area contributed by atoms with Crippen LogP contribution in [0.2, 0.25) is 0 Å². The van der Waals surface area contributed by atoms with Gasteiger partial charge >= 0.3 is 0 Å². The van der Waals surface area contributed by atoms with Gasteiger partial charge in [-0.2, -0.15) is 0 Å². The van der Waals surface area contributed by atoms with E-state index in [1.165, 1.54) is 13.0 Å². The molecule has 1 aromatic heterocycles. The zero-order chi connectivity index (χ0) is 15.5. The van der Waals surface area contributed by atoms with Gasteiger partial charge < -0.3 is 10.0 Å². The van der Waals surface area contributed by atoms with Crippen LogP contribution in [0, 0.1) is 0 Å². The second kappa shape index (κ2) is 6.75. The summed E-state index contributed by atoms with van der Waals surface area (Å²) in [4.78, 5) is 9.70. The van der Waals surface area contributed by atoms with Crippen molar-refractivity contribution in [3.8, 4) is 0 Å². The smallest absolute Gasteiger partial charge is 0.129 e. The standard InChI is InChI=1S/C17H29N3O/c1-5-6-19-7-9-20(10-8-19)16-12-14(13-21)11-15(18-16)17(2,3)4/h11-12,21H,5-10,13H2,1-4H3. The average molecular weight is 291 g/mol. The molecule has 4 nitrogen and oxygen atoms in total. The van der Waals surface area contributed by atoms with Gasteiger partial charge in [-0.3, -0.25) is 4.90 Å². The van der Waals surface area contributed by atoms with E-state index in [9.17, 15) is 5.11 Å². The summed E-state index contributed by atoms with van der Waals surface area (Å²) in [7, 11) is 0. The molecular formula is C17H29N3O. The molecule has 118 valence electrons. The predicted octanol–water partition coefficient (Wildman–Crippen LogP) is 2.40. The van der Waals surface area contributed by atoms with Gasteiger partial charge in [-0.1, -0.05) is 27.7 Å². The summed E-state index contributed by atoms with van der Waals surface area (Å²) in [5.74, 6) is 1.02. The molecule has 1 N–H and O–H groups in total. The number of anilines is 1. The number of pyridine rings is 1. The maximum Gasteiger partial charge on any atom is 0.129 e. The molecule has 0 radical (unpaired) electrons. The molecule has 1 saturated heterocycles. The highest BCUT2D eigenvalue weighted by molar-refractivity contribution is 5.44. The summed E-state index contributed by atoms with van der Waals surface area (Å²) in [6, 6.07) is 4.06. The van der Waals surface area contributed by atoms with Crippen LogP contribution in [0.25, 0.3) is 0 Å². The quantitative estimate of drug-likeness (QED) is 0.925. The van der Waals surface area contributed by atoms with E-state index in [0.717, 1.165) is 43.3 Å². The maximum absolute atomic E-state index is 9.51.